The molecule has 25 heavy (non-hydrogen) atoms. The zero-order valence-corrected chi connectivity index (χ0v) is 15.2. The molecule has 2 heterocycles. The lowest BCUT2D eigenvalue weighted by Crippen LogP contribution is -2.14. The number of anilines is 2. The molecule has 7 nitrogen and oxygen atoms in total. The second-order valence-electron chi connectivity index (χ2n) is 5.42. The number of furan rings is 1. The molecule has 1 amide bonds. The maximum absolute atomic E-state index is 12.2. The quantitative estimate of drug-likeness (QED) is 0.635. The Morgan fingerprint density at radius 3 is 2.96 bits per heavy atom. The molecule has 0 saturated carbocycles. The summed E-state index contributed by atoms with van der Waals surface area (Å²) in [4.78, 5) is 12.2. The average molecular weight is 373 g/mol. The maximum Gasteiger partial charge on any atom is 0.234 e. The number of amides is 1. The molecule has 0 atom stereocenters. The highest BCUT2D eigenvalue weighted by atomic mass is 32.2. The molecule has 2 aromatic heterocycles. The summed E-state index contributed by atoms with van der Waals surface area (Å²) in [6, 6.07) is 9.44. The number of nitrogens with zero attached hydrogens (tertiary/aromatic N) is 3. The first-order valence-electron chi connectivity index (χ1n) is 7.51. The van der Waals surface area contributed by atoms with Gasteiger partial charge in [0.15, 0.2) is 4.34 Å². The van der Waals surface area contributed by atoms with Gasteiger partial charge in [-0.2, -0.15) is 5.26 Å². The number of para-hydroxylation sites is 1. The fourth-order valence-corrected chi connectivity index (χ4v) is 3.82. The SMILES string of the molecule is CC(C)Nc1nnc(SCC(=O)Nc2c(C#N)oc3ccccc23)s1. The topological polar surface area (TPSA) is 104 Å². The van der Waals surface area contributed by atoms with Crippen molar-refractivity contribution >= 4 is 50.8 Å². The molecule has 0 aliphatic carbocycles. The smallest absolute Gasteiger partial charge is 0.234 e. The van der Waals surface area contributed by atoms with E-state index >= 15 is 0 Å². The van der Waals surface area contributed by atoms with E-state index in [9.17, 15) is 10.1 Å². The van der Waals surface area contributed by atoms with Crippen LogP contribution < -0.4 is 10.6 Å². The summed E-state index contributed by atoms with van der Waals surface area (Å²) < 4.78 is 6.15. The molecule has 0 spiro atoms. The number of hydrogen-bond acceptors (Lipinski definition) is 8. The van der Waals surface area contributed by atoms with Crippen LogP contribution in [0.4, 0.5) is 10.8 Å². The van der Waals surface area contributed by atoms with Gasteiger partial charge in [0.05, 0.1) is 5.75 Å². The summed E-state index contributed by atoms with van der Waals surface area (Å²) in [7, 11) is 0. The molecule has 1 aromatic carbocycles. The molecule has 0 unspecified atom stereocenters. The number of nitrogens with one attached hydrogen (secondary N) is 2. The summed E-state index contributed by atoms with van der Waals surface area (Å²) in [5.41, 5.74) is 0.971. The Labute approximate surface area is 152 Å². The Kier molecular flexibility index (Phi) is 5.21. The van der Waals surface area contributed by atoms with Gasteiger partial charge in [-0.25, -0.2) is 0 Å². The third-order valence-electron chi connectivity index (χ3n) is 3.11. The van der Waals surface area contributed by atoms with Crippen LogP contribution in [0, 0.1) is 11.3 Å². The highest BCUT2D eigenvalue weighted by Crippen LogP contribution is 2.31. The fraction of sp³-hybridized carbons (Fsp3) is 0.250. The van der Waals surface area contributed by atoms with Crippen molar-refractivity contribution < 1.29 is 9.21 Å². The zero-order chi connectivity index (χ0) is 17.8. The predicted octanol–water partition coefficient (Wildman–Crippen LogP) is 3.71. The van der Waals surface area contributed by atoms with Gasteiger partial charge in [-0.3, -0.25) is 4.79 Å². The summed E-state index contributed by atoms with van der Waals surface area (Å²) >= 11 is 2.70. The third-order valence-corrected chi connectivity index (χ3v) is 5.09. The van der Waals surface area contributed by atoms with Crippen LogP contribution in [0.25, 0.3) is 11.0 Å². The zero-order valence-electron chi connectivity index (χ0n) is 13.6. The van der Waals surface area contributed by atoms with E-state index in [0.29, 0.717) is 21.0 Å². The van der Waals surface area contributed by atoms with Gasteiger partial charge in [-0.1, -0.05) is 35.2 Å². The second kappa shape index (κ2) is 7.55. The minimum absolute atomic E-state index is 0.0962. The Morgan fingerprint density at radius 2 is 2.20 bits per heavy atom. The summed E-state index contributed by atoms with van der Waals surface area (Å²) in [6.45, 7) is 4.04. The summed E-state index contributed by atoms with van der Waals surface area (Å²) in [6.07, 6.45) is 0. The molecule has 0 aliphatic heterocycles. The van der Waals surface area contributed by atoms with Crippen molar-refractivity contribution in [3.05, 3.63) is 30.0 Å². The van der Waals surface area contributed by atoms with Gasteiger partial charge in [0, 0.05) is 11.4 Å². The van der Waals surface area contributed by atoms with Gasteiger partial charge in [-0.15, -0.1) is 10.2 Å². The van der Waals surface area contributed by atoms with Crippen LogP contribution >= 0.6 is 23.1 Å². The first kappa shape index (κ1) is 17.3. The number of benzene rings is 1. The van der Waals surface area contributed by atoms with E-state index in [1.807, 2.05) is 32.0 Å². The van der Waals surface area contributed by atoms with Crippen molar-refractivity contribution in [2.24, 2.45) is 0 Å². The molecule has 0 saturated heterocycles. The van der Waals surface area contributed by atoms with Gasteiger partial charge in [0.25, 0.3) is 0 Å². The van der Waals surface area contributed by atoms with Gasteiger partial charge >= 0.3 is 0 Å². The molecule has 3 rings (SSSR count). The molecule has 0 bridgehead atoms. The van der Waals surface area contributed by atoms with Crippen LogP contribution in [0.5, 0.6) is 0 Å². The van der Waals surface area contributed by atoms with Crippen LogP contribution in [0.1, 0.15) is 19.6 Å². The van der Waals surface area contributed by atoms with E-state index in [1.54, 1.807) is 12.1 Å². The highest BCUT2D eigenvalue weighted by molar-refractivity contribution is 8.01. The van der Waals surface area contributed by atoms with Gasteiger partial charge in [-0.05, 0) is 26.0 Å². The van der Waals surface area contributed by atoms with Gasteiger partial charge < -0.3 is 15.1 Å². The second-order valence-corrected chi connectivity index (χ2v) is 7.62. The van der Waals surface area contributed by atoms with Crippen LogP contribution in [-0.4, -0.2) is 27.9 Å². The normalized spacial score (nSPS) is 10.8. The van der Waals surface area contributed by atoms with Gasteiger partial charge in [0.2, 0.25) is 16.8 Å². The number of thioether (sulfide) groups is 1. The summed E-state index contributed by atoms with van der Waals surface area (Å²) in [5, 5.41) is 24.6. The molecule has 2 N–H and O–H groups in total. The highest BCUT2D eigenvalue weighted by Gasteiger charge is 2.16. The lowest BCUT2D eigenvalue weighted by molar-refractivity contribution is -0.113. The van der Waals surface area contributed by atoms with Crippen molar-refractivity contribution in [3.63, 3.8) is 0 Å². The van der Waals surface area contributed by atoms with Crippen molar-refractivity contribution in [1.29, 1.82) is 5.26 Å². The predicted molar refractivity (Wildman–Crippen MR) is 99.0 cm³/mol. The summed E-state index contributed by atoms with van der Waals surface area (Å²) in [5.74, 6) is 0.0289. The number of carbonyl (C=O) groups excluding carboxylic acids is 1. The fourth-order valence-electron chi connectivity index (χ4n) is 2.12. The number of nitriles is 1. The van der Waals surface area contributed by atoms with Crippen molar-refractivity contribution in [2.45, 2.75) is 24.2 Å². The number of aromatic nitrogens is 2. The van der Waals surface area contributed by atoms with Crippen LogP contribution in [0.2, 0.25) is 0 Å². The standard InChI is InChI=1S/C16H15N5O2S2/c1-9(2)18-15-20-21-16(25-15)24-8-13(22)19-14-10-5-3-4-6-11(10)23-12(14)7-17/h3-6,9H,8H2,1-2H3,(H,18,20)(H,19,22). The molecule has 0 aliphatic rings. The largest absolute Gasteiger partial charge is 0.443 e. The number of hydrogen-bond donors (Lipinski definition) is 2. The van der Waals surface area contributed by atoms with Crippen LogP contribution in [0.15, 0.2) is 33.0 Å². The van der Waals surface area contributed by atoms with E-state index in [2.05, 4.69) is 20.8 Å². The maximum atomic E-state index is 12.2. The molecular formula is C16H15N5O2S2. The third kappa shape index (κ3) is 4.10. The lowest BCUT2D eigenvalue weighted by Gasteiger charge is -2.03. The Morgan fingerprint density at radius 1 is 1.40 bits per heavy atom. The molecule has 128 valence electrons. The lowest BCUT2D eigenvalue weighted by atomic mass is 10.2. The van der Waals surface area contributed by atoms with E-state index in [1.165, 1.54) is 23.1 Å². The Bertz CT molecular complexity index is 942. The van der Waals surface area contributed by atoms with Crippen LogP contribution in [-0.2, 0) is 4.79 Å². The van der Waals surface area contributed by atoms with E-state index in [-0.39, 0.29) is 23.5 Å². The minimum atomic E-state index is -0.235. The number of fused-ring (bicyclic) bond motifs is 1. The van der Waals surface area contributed by atoms with Gasteiger partial charge in [0.1, 0.15) is 17.3 Å². The minimum Gasteiger partial charge on any atom is -0.443 e. The molecule has 0 radical (unpaired) electrons. The van der Waals surface area contributed by atoms with E-state index in [0.717, 1.165) is 5.13 Å². The average Bonchev–Trinajstić information content (AvgIpc) is 3.17. The van der Waals surface area contributed by atoms with Crippen LogP contribution in [0.3, 0.4) is 0 Å². The Hall–Kier alpha value is -2.57. The number of carbonyl (C=O) groups is 1. The van der Waals surface area contributed by atoms with Crippen molar-refractivity contribution in [1.82, 2.24) is 10.2 Å². The van der Waals surface area contributed by atoms with Crippen molar-refractivity contribution in [2.75, 3.05) is 16.4 Å². The van der Waals surface area contributed by atoms with Crippen molar-refractivity contribution in [3.8, 4) is 6.07 Å². The number of rotatable bonds is 6. The molecule has 3 aromatic rings. The Balaban J connectivity index is 1.65. The first-order chi connectivity index (χ1) is 12.1. The molecular weight excluding hydrogens is 358 g/mol. The van der Waals surface area contributed by atoms with E-state index in [4.69, 9.17) is 4.42 Å². The first-order valence-corrected chi connectivity index (χ1v) is 9.31. The molecule has 9 heteroatoms. The van der Waals surface area contributed by atoms with E-state index < -0.39 is 0 Å². The molecule has 0 fully saturated rings. The monoisotopic (exact) mass is 373 g/mol.